The summed E-state index contributed by atoms with van der Waals surface area (Å²) in [7, 11) is 2.06. The molecule has 0 aliphatic carbocycles. The van der Waals surface area contributed by atoms with Crippen LogP contribution < -0.4 is 10.1 Å². The molecule has 0 unspecified atom stereocenters. The number of anilines is 2. The van der Waals surface area contributed by atoms with Gasteiger partial charge in [0.05, 0.1) is 6.61 Å². The van der Waals surface area contributed by atoms with Crippen molar-refractivity contribution in [3.8, 4) is 5.75 Å². The fraction of sp³-hybridized carbons (Fsp3) is 0.421. The van der Waals surface area contributed by atoms with Crippen LogP contribution in [0.3, 0.4) is 0 Å². The predicted octanol–water partition coefficient (Wildman–Crippen LogP) is 2.31. The highest BCUT2D eigenvalue weighted by atomic mass is 16.5. The number of ether oxygens (including phenoxy) is 1. The van der Waals surface area contributed by atoms with E-state index in [2.05, 4.69) is 27.2 Å². The summed E-state index contributed by atoms with van der Waals surface area (Å²) in [6.07, 6.45) is 0. The van der Waals surface area contributed by atoms with Gasteiger partial charge in [-0.1, -0.05) is 0 Å². The molecule has 7 heteroatoms. The number of rotatable bonds is 5. The number of piperazine rings is 1. The summed E-state index contributed by atoms with van der Waals surface area (Å²) in [4.78, 5) is 25.5. The first-order valence-electron chi connectivity index (χ1n) is 8.88. The lowest BCUT2D eigenvalue weighted by molar-refractivity contribution is 0.0658. The summed E-state index contributed by atoms with van der Waals surface area (Å²) in [5.74, 6) is 1.96. The number of hydrogen-bond acceptors (Lipinski definition) is 6. The molecule has 0 atom stereocenters. The van der Waals surface area contributed by atoms with Gasteiger partial charge in [-0.05, 0) is 45.2 Å². The van der Waals surface area contributed by atoms with Crippen LogP contribution in [0.5, 0.6) is 5.75 Å². The van der Waals surface area contributed by atoms with Crippen molar-refractivity contribution >= 4 is 17.4 Å². The number of carbonyl (C=O) groups excluding carboxylic acids is 1. The quantitative estimate of drug-likeness (QED) is 0.888. The third-order valence-corrected chi connectivity index (χ3v) is 4.29. The van der Waals surface area contributed by atoms with Gasteiger partial charge in [-0.25, -0.2) is 9.97 Å². The zero-order valence-corrected chi connectivity index (χ0v) is 15.5. The van der Waals surface area contributed by atoms with Crippen molar-refractivity contribution in [2.24, 2.45) is 0 Å². The lowest BCUT2D eigenvalue weighted by Crippen LogP contribution is -2.47. The smallest absolute Gasteiger partial charge is 0.272 e. The SMILES string of the molecule is CCOc1ccc(Nc2cc(C(=O)N3CCN(C)CC3)nc(C)n2)cc1. The molecule has 1 N–H and O–H groups in total. The third-order valence-electron chi connectivity index (χ3n) is 4.29. The Hall–Kier alpha value is -2.67. The van der Waals surface area contributed by atoms with Crippen molar-refractivity contribution < 1.29 is 9.53 Å². The van der Waals surface area contributed by atoms with Gasteiger partial charge in [0.1, 0.15) is 23.1 Å². The van der Waals surface area contributed by atoms with Gasteiger partial charge in [-0.2, -0.15) is 0 Å². The van der Waals surface area contributed by atoms with E-state index in [1.807, 2.05) is 36.1 Å². The van der Waals surface area contributed by atoms with Crippen molar-refractivity contribution in [3.63, 3.8) is 0 Å². The molecule has 1 amide bonds. The maximum Gasteiger partial charge on any atom is 0.272 e. The number of aromatic nitrogens is 2. The Morgan fingerprint density at radius 3 is 2.50 bits per heavy atom. The summed E-state index contributed by atoms with van der Waals surface area (Å²) >= 11 is 0. The van der Waals surface area contributed by atoms with Crippen molar-refractivity contribution in [2.45, 2.75) is 13.8 Å². The minimum atomic E-state index is -0.0432. The van der Waals surface area contributed by atoms with Crippen LogP contribution in [0.4, 0.5) is 11.5 Å². The standard InChI is InChI=1S/C19H25N5O2/c1-4-26-16-7-5-15(6-8-16)22-18-13-17(20-14(2)21-18)19(25)24-11-9-23(3)10-12-24/h5-8,13H,4,9-12H2,1-3H3,(H,20,21,22). The van der Waals surface area contributed by atoms with Crippen LogP contribution in [-0.4, -0.2) is 65.5 Å². The van der Waals surface area contributed by atoms with Gasteiger partial charge in [0.2, 0.25) is 0 Å². The maximum atomic E-state index is 12.8. The first-order valence-corrected chi connectivity index (χ1v) is 8.88. The normalized spacial score (nSPS) is 15.0. The summed E-state index contributed by atoms with van der Waals surface area (Å²) in [6, 6.07) is 9.35. The zero-order valence-electron chi connectivity index (χ0n) is 15.5. The molecule has 0 saturated carbocycles. The Kier molecular flexibility index (Phi) is 5.68. The average molecular weight is 355 g/mol. The fourth-order valence-corrected chi connectivity index (χ4v) is 2.86. The van der Waals surface area contributed by atoms with E-state index in [9.17, 15) is 4.79 Å². The molecule has 138 valence electrons. The van der Waals surface area contributed by atoms with E-state index in [1.165, 1.54) is 0 Å². The molecule has 2 heterocycles. The number of benzene rings is 1. The Labute approximate surface area is 154 Å². The lowest BCUT2D eigenvalue weighted by Gasteiger charge is -2.32. The molecule has 1 aromatic carbocycles. The molecular formula is C19H25N5O2. The van der Waals surface area contributed by atoms with E-state index in [1.54, 1.807) is 13.0 Å². The molecule has 2 aromatic rings. The summed E-state index contributed by atoms with van der Waals surface area (Å²) in [5.41, 5.74) is 1.31. The molecule has 0 radical (unpaired) electrons. The molecule has 3 rings (SSSR count). The first kappa shape index (κ1) is 18.1. The highest BCUT2D eigenvalue weighted by molar-refractivity contribution is 5.93. The minimum Gasteiger partial charge on any atom is -0.494 e. The van der Waals surface area contributed by atoms with Gasteiger partial charge in [0, 0.05) is 37.9 Å². The Balaban J connectivity index is 1.73. The number of carbonyl (C=O) groups is 1. The molecule has 1 aromatic heterocycles. The molecular weight excluding hydrogens is 330 g/mol. The number of nitrogens with one attached hydrogen (secondary N) is 1. The molecule has 26 heavy (non-hydrogen) atoms. The third kappa shape index (κ3) is 4.49. The molecule has 7 nitrogen and oxygen atoms in total. The molecule has 0 bridgehead atoms. The summed E-state index contributed by atoms with van der Waals surface area (Å²) in [5, 5.41) is 3.23. The van der Waals surface area contributed by atoms with Crippen LogP contribution in [0.25, 0.3) is 0 Å². The maximum absolute atomic E-state index is 12.8. The van der Waals surface area contributed by atoms with E-state index in [4.69, 9.17) is 4.74 Å². The van der Waals surface area contributed by atoms with Crippen molar-refractivity contribution in [2.75, 3.05) is 45.2 Å². The molecule has 1 aliphatic heterocycles. The largest absolute Gasteiger partial charge is 0.494 e. The molecule has 0 spiro atoms. The minimum absolute atomic E-state index is 0.0432. The van der Waals surface area contributed by atoms with E-state index >= 15 is 0 Å². The summed E-state index contributed by atoms with van der Waals surface area (Å²) in [6.45, 7) is 7.59. The topological polar surface area (TPSA) is 70.6 Å². The van der Waals surface area contributed by atoms with Crippen LogP contribution in [0.15, 0.2) is 30.3 Å². The van der Waals surface area contributed by atoms with Crippen LogP contribution in [0, 0.1) is 6.92 Å². The first-order chi connectivity index (χ1) is 12.5. The van der Waals surface area contributed by atoms with E-state index in [0.717, 1.165) is 37.6 Å². The van der Waals surface area contributed by atoms with Crippen molar-refractivity contribution in [1.82, 2.24) is 19.8 Å². The van der Waals surface area contributed by atoms with Crippen molar-refractivity contribution in [1.29, 1.82) is 0 Å². The number of amides is 1. The van der Waals surface area contributed by atoms with Crippen molar-refractivity contribution in [3.05, 3.63) is 41.9 Å². The second-order valence-corrected chi connectivity index (χ2v) is 6.36. The van der Waals surface area contributed by atoms with E-state index in [-0.39, 0.29) is 5.91 Å². The number of aryl methyl sites for hydroxylation is 1. The van der Waals surface area contributed by atoms with E-state index in [0.29, 0.717) is 23.9 Å². The molecule has 1 aliphatic rings. The van der Waals surface area contributed by atoms with Gasteiger partial charge in [-0.15, -0.1) is 0 Å². The number of hydrogen-bond donors (Lipinski definition) is 1. The van der Waals surface area contributed by atoms with Crippen LogP contribution in [0.2, 0.25) is 0 Å². The zero-order chi connectivity index (χ0) is 18.5. The number of likely N-dealkylation sites (N-methyl/N-ethyl adjacent to an activating group) is 1. The average Bonchev–Trinajstić information content (AvgIpc) is 2.63. The van der Waals surface area contributed by atoms with Gasteiger partial charge >= 0.3 is 0 Å². The van der Waals surface area contributed by atoms with Gasteiger partial charge < -0.3 is 19.9 Å². The van der Waals surface area contributed by atoms with Crippen LogP contribution in [0.1, 0.15) is 23.2 Å². The Morgan fingerprint density at radius 2 is 1.85 bits per heavy atom. The van der Waals surface area contributed by atoms with Gasteiger partial charge in [-0.3, -0.25) is 4.79 Å². The Bertz CT molecular complexity index is 755. The van der Waals surface area contributed by atoms with Gasteiger partial charge in [0.15, 0.2) is 0 Å². The lowest BCUT2D eigenvalue weighted by atomic mass is 10.2. The fourth-order valence-electron chi connectivity index (χ4n) is 2.86. The highest BCUT2D eigenvalue weighted by Gasteiger charge is 2.22. The monoisotopic (exact) mass is 355 g/mol. The molecule has 1 fully saturated rings. The second-order valence-electron chi connectivity index (χ2n) is 6.36. The number of nitrogens with zero attached hydrogens (tertiary/aromatic N) is 4. The Morgan fingerprint density at radius 1 is 1.15 bits per heavy atom. The van der Waals surface area contributed by atoms with Crippen LogP contribution in [-0.2, 0) is 0 Å². The predicted molar refractivity (Wildman–Crippen MR) is 101 cm³/mol. The second kappa shape index (κ2) is 8.14. The molecule has 1 saturated heterocycles. The van der Waals surface area contributed by atoms with Gasteiger partial charge in [0.25, 0.3) is 5.91 Å². The summed E-state index contributed by atoms with van der Waals surface area (Å²) < 4.78 is 5.45. The highest BCUT2D eigenvalue weighted by Crippen LogP contribution is 2.20. The van der Waals surface area contributed by atoms with E-state index < -0.39 is 0 Å². The van der Waals surface area contributed by atoms with Crippen LogP contribution >= 0.6 is 0 Å².